The third kappa shape index (κ3) is 4.62. The van der Waals surface area contributed by atoms with E-state index in [9.17, 15) is 9.59 Å². The summed E-state index contributed by atoms with van der Waals surface area (Å²) in [6.45, 7) is 2.70. The zero-order valence-electron chi connectivity index (χ0n) is 14.8. The van der Waals surface area contributed by atoms with Gasteiger partial charge in [-0.1, -0.05) is 36.2 Å². The van der Waals surface area contributed by atoms with Crippen LogP contribution in [0.25, 0.3) is 10.9 Å². The van der Waals surface area contributed by atoms with Crippen molar-refractivity contribution in [1.82, 2.24) is 9.88 Å². The molecule has 0 aliphatic carbocycles. The fourth-order valence-electron chi connectivity index (χ4n) is 2.76. The van der Waals surface area contributed by atoms with Gasteiger partial charge in [-0.2, -0.15) is 0 Å². The number of nitrogens with zero attached hydrogens (tertiary/aromatic N) is 1. The first-order valence-corrected chi connectivity index (χ1v) is 9.35. The maximum absolute atomic E-state index is 12.4. The monoisotopic (exact) mass is 403 g/mol. The Morgan fingerprint density at radius 2 is 1.89 bits per heavy atom. The van der Waals surface area contributed by atoms with Crippen LogP contribution in [0, 0.1) is 0 Å². The van der Waals surface area contributed by atoms with E-state index in [1.54, 1.807) is 18.2 Å². The summed E-state index contributed by atoms with van der Waals surface area (Å²) in [5.74, 6) is -0.429. The number of amides is 2. The van der Waals surface area contributed by atoms with Crippen LogP contribution in [0.5, 0.6) is 0 Å². The van der Waals surface area contributed by atoms with Gasteiger partial charge in [0.25, 0.3) is 5.91 Å². The molecule has 2 aromatic carbocycles. The van der Waals surface area contributed by atoms with E-state index in [0.29, 0.717) is 27.8 Å². The van der Waals surface area contributed by atoms with Gasteiger partial charge in [-0.05, 0) is 48.2 Å². The van der Waals surface area contributed by atoms with Crippen LogP contribution in [-0.4, -0.2) is 22.9 Å². The quantitative estimate of drug-likeness (QED) is 0.624. The van der Waals surface area contributed by atoms with E-state index in [2.05, 4.69) is 10.6 Å². The number of carbonyl (C=O) groups excluding carboxylic acids is 2. The van der Waals surface area contributed by atoms with Crippen LogP contribution in [0.15, 0.2) is 48.7 Å². The Balaban J connectivity index is 1.69. The van der Waals surface area contributed by atoms with Crippen LogP contribution in [0.4, 0.5) is 5.69 Å². The summed E-state index contributed by atoms with van der Waals surface area (Å²) in [4.78, 5) is 24.4. The Kier molecular flexibility index (Phi) is 6.04. The lowest BCUT2D eigenvalue weighted by Gasteiger charge is -2.10. The summed E-state index contributed by atoms with van der Waals surface area (Å²) in [7, 11) is 0. The third-order valence-electron chi connectivity index (χ3n) is 4.08. The first-order valence-electron chi connectivity index (χ1n) is 8.60. The molecule has 2 N–H and O–H groups in total. The second kappa shape index (κ2) is 8.46. The average Bonchev–Trinajstić information content (AvgIpc) is 3.01. The lowest BCUT2D eigenvalue weighted by molar-refractivity contribution is -0.116. The second-order valence-corrected chi connectivity index (χ2v) is 6.99. The average molecular weight is 404 g/mol. The summed E-state index contributed by atoms with van der Waals surface area (Å²) in [5.41, 5.74) is 1.80. The second-order valence-electron chi connectivity index (χ2n) is 6.15. The summed E-state index contributed by atoms with van der Waals surface area (Å²) in [6.07, 6.45) is 2.69. The molecule has 0 radical (unpaired) electrons. The summed E-state index contributed by atoms with van der Waals surface area (Å²) in [6, 6.07) is 12.3. The molecule has 0 saturated heterocycles. The summed E-state index contributed by atoms with van der Waals surface area (Å²) >= 11 is 12.2. The van der Waals surface area contributed by atoms with Crippen molar-refractivity contribution in [1.29, 1.82) is 0 Å². The minimum absolute atomic E-state index is 0.139. The van der Waals surface area contributed by atoms with E-state index in [4.69, 9.17) is 23.2 Å². The fourth-order valence-corrected chi connectivity index (χ4v) is 3.19. The number of fused-ring (bicyclic) bond motifs is 1. The van der Waals surface area contributed by atoms with Crippen molar-refractivity contribution in [2.75, 3.05) is 11.9 Å². The number of aromatic nitrogens is 1. The lowest BCUT2D eigenvalue weighted by atomic mass is 10.2. The molecule has 0 aliphatic heterocycles. The molecule has 0 atom stereocenters. The highest BCUT2D eigenvalue weighted by Crippen LogP contribution is 2.22. The molecule has 0 unspecified atom stereocenters. The van der Waals surface area contributed by atoms with E-state index in [-0.39, 0.29) is 18.4 Å². The number of hydrogen-bond donors (Lipinski definition) is 2. The minimum Gasteiger partial charge on any atom is -0.352 e. The molecule has 5 nitrogen and oxygen atoms in total. The molecule has 3 aromatic rings. The van der Waals surface area contributed by atoms with Crippen molar-refractivity contribution in [3.63, 3.8) is 0 Å². The number of anilines is 1. The van der Waals surface area contributed by atoms with Gasteiger partial charge in [0.2, 0.25) is 5.91 Å². The summed E-state index contributed by atoms with van der Waals surface area (Å²) in [5, 5.41) is 7.50. The van der Waals surface area contributed by atoms with Crippen LogP contribution in [0.2, 0.25) is 10.0 Å². The molecular weight excluding hydrogens is 385 g/mol. The van der Waals surface area contributed by atoms with Crippen LogP contribution in [0.3, 0.4) is 0 Å². The summed E-state index contributed by atoms with van der Waals surface area (Å²) < 4.78 is 1.82. The van der Waals surface area contributed by atoms with E-state index in [1.165, 1.54) is 0 Å². The van der Waals surface area contributed by atoms with Gasteiger partial charge in [0.1, 0.15) is 6.54 Å². The van der Waals surface area contributed by atoms with Gasteiger partial charge in [0.15, 0.2) is 0 Å². The van der Waals surface area contributed by atoms with E-state index >= 15 is 0 Å². The van der Waals surface area contributed by atoms with Crippen LogP contribution >= 0.6 is 23.2 Å². The van der Waals surface area contributed by atoms with Gasteiger partial charge in [0, 0.05) is 29.0 Å². The predicted molar refractivity (Wildman–Crippen MR) is 110 cm³/mol. The maximum Gasteiger partial charge on any atom is 0.252 e. The first-order chi connectivity index (χ1) is 13.0. The molecule has 1 aromatic heterocycles. The van der Waals surface area contributed by atoms with Gasteiger partial charge in [0.05, 0.1) is 10.6 Å². The van der Waals surface area contributed by atoms with Gasteiger partial charge >= 0.3 is 0 Å². The lowest BCUT2D eigenvalue weighted by Crippen LogP contribution is -2.24. The standard InChI is InChI=1S/C20H19Cl2N3O2/c1-2-8-23-20(27)16-6-5-15(11-17(16)22)24-19(26)12-25-9-7-13-3-4-14(21)10-18(13)25/h3-7,9-11H,2,8,12H2,1H3,(H,23,27)(H,24,26). The topological polar surface area (TPSA) is 63.1 Å². The Labute approximate surface area is 167 Å². The minimum atomic E-state index is -0.226. The Morgan fingerprint density at radius 3 is 2.63 bits per heavy atom. The highest BCUT2D eigenvalue weighted by atomic mass is 35.5. The fraction of sp³-hybridized carbons (Fsp3) is 0.200. The highest BCUT2D eigenvalue weighted by molar-refractivity contribution is 6.34. The highest BCUT2D eigenvalue weighted by Gasteiger charge is 2.12. The molecule has 27 heavy (non-hydrogen) atoms. The van der Waals surface area contributed by atoms with E-state index in [0.717, 1.165) is 17.3 Å². The molecule has 2 amide bonds. The number of rotatable bonds is 6. The largest absolute Gasteiger partial charge is 0.352 e. The van der Waals surface area contributed by atoms with Crippen LogP contribution < -0.4 is 10.6 Å². The third-order valence-corrected chi connectivity index (χ3v) is 4.63. The molecular formula is C20H19Cl2N3O2. The molecule has 7 heteroatoms. The SMILES string of the molecule is CCCNC(=O)c1ccc(NC(=O)Cn2ccc3ccc(Cl)cc32)cc1Cl. The molecule has 1 heterocycles. The maximum atomic E-state index is 12.4. The van der Waals surface area contributed by atoms with Crippen molar-refractivity contribution in [2.24, 2.45) is 0 Å². The van der Waals surface area contributed by atoms with Crippen molar-refractivity contribution < 1.29 is 9.59 Å². The molecule has 0 spiro atoms. The van der Waals surface area contributed by atoms with Crippen LogP contribution in [-0.2, 0) is 11.3 Å². The van der Waals surface area contributed by atoms with Gasteiger partial charge in [-0.3, -0.25) is 9.59 Å². The molecule has 0 aliphatic rings. The zero-order valence-corrected chi connectivity index (χ0v) is 16.3. The Bertz CT molecular complexity index is 998. The number of hydrogen-bond acceptors (Lipinski definition) is 2. The Morgan fingerprint density at radius 1 is 1.07 bits per heavy atom. The van der Waals surface area contributed by atoms with Gasteiger partial charge in [-0.15, -0.1) is 0 Å². The van der Waals surface area contributed by atoms with Gasteiger partial charge in [-0.25, -0.2) is 0 Å². The first kappa shape index (κ1) is 19.3. The molecule has 0 saturated carbocycles. The van der Waals surface area contributed by atoms with Gasteiger partial charge < -0.3 is 15.2 Å². The number of carbonyl (C=O) groups is 2. The predicted octanol–water partition coefficient (Wildman–Crippen LogP) is 4.73. The molecule has 0 fully saturated rings. The normalized spacial score (nSPS) is 10.8. The van der Waals surface area contributed by atoms with E-state index < -0.39 is 0 Å². The molecule has 0 bridgehead atoms. The van der Waals surface area contributed by atoms with Crippen molar-refractivity contribution in [3.8, 4) is 0 Å². The number of benzene rings is 2. The Hall–Kier alpha value is -2.50. The van der Waals surface area contributed by atoms with Crippen molar-refractivity contribution in [3.05, 3.63) is 64.3 Å². The van der Waals surface area contributed by atoms with Crippen molar-refractivity contribution >= 4 is 51.6 Å². The van der Waals surface area contributed by atoms with Crippen molar-refractivity contribution in [2.45, 2.75) is 19.9 Å². The molecule has 140 valence electrons. The van der Waals surface area contributed by atoms with Crippen LogP contribution in [0.1, 0.15) is 23.7 Å². The zero-order chi connectivity index (χ0) is 19.4. The molecule has 3 rings (SSSR count). The smallest absolute Gasteiger partial charge is 0.252 e. The number of halogens is 2. The van der Waals surface area contributed by atoms with E-state index in [1.807, 2.05) is 42.0 Å². The number of nitrogens with one attached hydrogen (secondary N) is 2.